The fourth-order valence-electron chi connectivity index (χ4n) is 5.52. The van der Waals surface area contributed by atoms with Crippen molar-refractivity contribution >= 4 is 33.8 Å². The molecule has 1 N–H and O–H groups in total. The van der Waals surface area contributed by atoms with Crippen molar-refractivity contribution in [3.05, 3.63) is 114 Å². The Bertz CT molecular complexity index is 1400. The Kier molecular flexibility index (Phi) is 10.1. The average molecular weight is 550 g/mol. The highest BCUT2D eigenvalue weighted by Gasteiger charge is 2.21. The molecule has 0 saturated heterocycles. The molecule has 0 radical (unpaired) electrons. The highest BCUT2D eigenvalue weighted by molar-refractivity contribution is 5.97. The van der Waals surface area contributed by atoms with Gasteiger partial charge in [0.25, 0.3) is 0 Å². The minimum absolute atomic E-state index is 0.0479. The maximum atomic E-state index is 11.9. The van der Waals surface area contributed by atoms with Gasteiger partial charge in [-0.15, -0.1) is 0 Å². The third-order valence-electron chi connectivity index (χ3n) is 7.79. The summed E-state index contributed by atoms with van der Waals surface area (Å²) in [5.41, 5.74) is 7.51. The molecule has 0 saturated carbocycles. The lowest BCUT2D eigenvalue weighted by atomic mass is 9.82. The van der Waals surface area contributed by atoms with Crippen LogP contribution in [0.25, 0.3) is 10.8 Å². The van der Waals surface area contributed by atoms with E-state index in [9.17, 15) is 4.79 Å². The fraction of sp³-hybridized carbons (Fsp3) is 0.306. The first-order valence-electron chi connectivity index (χ1n) is 14.7. The molecule has 0 fully saturated rings. The van der Waals surface area contributed by atoms with E-state index in [0.29, 0.717) is 5.57 Å². The van der Waals surface area contributed by atoms with Crippen LogP contribution >= 0.6 is 0 Å². The number of hydrogen-bond donors (Lipinski definition) is 1. The van der Waals surface area contributed by atoms with E-state index in [1.165, 1.54) is 28.1 Å². The molecule has 0 bridgehead atoms. The molecule has 214 valence electrons. The molecule has 0 spiro atoms. The number of nitrogens with zero attached hydrogens (tertiary/aromatic N) is 2. The highest BCUT2D eigenvalue weighted by atomic mass is 16.5. The van der Waals surface area contributed by atoms with Gasteiger partial charge in [0.05, 0.1) is 0 Å². The standard InChI is InChI=1S/C36H43N3O2/c1-7-38(8-2)29-19-15-27(16-20-29)35(28-17-21-30(22-18-28)39(9-3)10-4)33-23-24-34(32-14-12-11-13-31(32)33)37-25-41-36(40)26(5)6/h11-24,35,37H,5,7-10,25H2,1-4,6H3. The third-order valence-corrected chi connectivity index (χ3v) is 7.79. The van der Waals surface area contributed by atoms with Crippen LogP contribution in [0.5, 0.6) is 0 Å². The van der Waals surface area contributed by atoms with Gasteiger partial charge in [-0.25, -0.2) is 4.79 Å². The summed E-state index contributed by atoms with van der Waals surface area (Å²) in [6, 6.07) is 30.8. The lowest BCUT2D eigenvalue weighted by Crippen LogP contribution is -2.22. The van der Waals surface area contributed by atoms with Crippen LogP contribution in [0.15, 0.2) is 97.1 Å². The lowest BCUT2D eigenvalue weighted by Gasteiger charge is -2.26. The Labute approximate surface area is 245 Å². The molecule has 4 aromatic rings. The first-order chi connectivity index (χ1) is 19.9. The maximum Gasteiger partial charge on any atom is 0.334 e. The van der Waals surface area contributed by atoms with Gasteiger partial charge in [0.1, 0.15) is 0 Å². The largest absolute Gasteiger partial charge is 0.441 e. The average Bonchev–Trinajstić information content (AvgIpc) is 3.00. The smallest absolute Gasteiger partial charge is 0.334 e. The predicted octanol–water partition coefficient (Wildman–Crippen LogP) is 8.20. The number of fused-ring (bicyclic) bond motifs is 1. The summed E-state index contributed by atoms with van der Waals surface area (Å²) < 4.78 is 5.31. The van der Waals surface area contributed by atoms with Gasteiger partial charge >= 0.3 is 5.97 Å². The van der Waals surface area contributed by atoms with Gasteiger partial charge in [-0.05, 0) is 87.0 Å². The number of carbonyl (C=O) groups is 1. The summed E-state index contributed by atoms with van der Waals surface area (Å²) in [6.07, 6.45) is 0. The van der Waals surface area contributed by atoms with Crippen molar-refractivity contribution in [2.45, 2.75) is 40.5 Å². The van der Waals surface area contributed by atoms with Gasteiger partial charge in [0.15, 0.2) is 6.73 Å². The van der Waals surface area contributed by atoms with Crippen molar-refractivity contribution in [1.82, 2.24) is 0 Å². The minimum Gasteiger partial charge on any atom is -0.441 e. The zero-order chi connectivity index (χ0) is 29.4. The fourth-order valence-corrected chi connectivity index (χ4v) is 5.52. The molecule has 4 aromatic carbocycles. The second-order valence-corrected chi connectivity index (χ2v) is 10.2. The summed E-state index contributed by atoms with van der Waals surface area (Å²) in [4.78, 5) is 16.6. The Morgan fingerprint density at radius 1 is 0.732 bits per heavy atom. The number of rotatable bonds is 13. The zero-order valence-electron chi connectivity index (χ0n) is 25.1. The molecule has 5 heteroatoms. The van der Waals surface area contributed by atoms with E-state index >= 15 is 0 Å². The number of nitrogens with one attached hydrogen (secondary N) is 1. The van der Waals surface area contributed by atoms with Crippen molar-refractivity contribution in [3.8, 4) is 0 Å². The Balaban J connectivity index is 1.79. The number of benzene rings is 4. The molecular weight excluding hydrogens is 506 g/mol. The molecule has 0 amide bonds. The van der Waals surface area contributed by atoms with E-state index < -0.39 is 5.97 Å². The molecular formula is C36H43N3O2. The normalized spacial score (nSPS) is 11.0. The number of anilines is 3. The van der Waals surface area contributed by atoms with E-state index in [1.54, 1.807) is 6.92 Å². The summed E-state index contributed by atoms with van der Waals surface area (Å²) >= 11 is 0. The number of esters is 1. The number of carbonyl (C=O) groups excluding carboxylic acids is 1. The van der Waals surface area contributed by atoms with E-state index in [-0.39, 0.29) is 12.6 Å². The van der Waals surface area contributed by atoms with Crippen LogP contribution in [0, 0.1) is 0 Å². The summed E-state index contributed by atoms with van der Waals surface area (Å²) in [5.74, 6) is -0.355. The molecule has 4 rings (SSSR count). The predicted molar refractivity (Wildman–Crippen MR) is 174 cm³/mol. The van der Waals surface area contributed by atoms with Crippen molar-refractivity contribution in [2.75, 3.05) is 48.0 Å². The van der Waals surface area contributed by atoms with Crippen LogP contribution in [0.4, 0.5) is 17.1 Å². The maximum absolute atomic E-state index is 11.9. The number of hydrogen-bond acceptors (Lipinski definition) is 5. The van der Waals surface area contributed by atoms with Crippen molar-refractivity contribution < 1.29 is 9.53 Å². The van der Waals surface area contributed by atoms with Crippen LogP contribution in [0.2, 0.25) is 0 Å². The molecule has 0 aromatic heterocycles. The Morgan fingerprint density at radius 2 is 1.22 bits per heavy atom. The zero-order valence-corrected chi connectivity index (χ0v) is 25.1. The van der Waals surface area contributed by atoms with Crippen molar-refractivity contribution in [2.24, 2.45) is 0 Å². The van der Waals surface area contributed by atoms with Crippen LogP contribution in [0.3, 0.4) is 0 Å². The van der Waals surface area contributed by atoms with E-state index in [4.69, 9.17) is 4.74 Å². The third kappa shape index (κ3) is 6.74. The topological polar surface area (TPSA) is 44.8 Å². The minimum atomic E-state index is -0.403. The molecule has 0 atom stereocenters. The van der Waals surface area contributed by atoms with Gasteiger partial charge < -0.3 is 19.9 Å². The monoisotopic (exact) mass is 549 g/mol. The molecule has 5 nitrogen and oxygen atoms in total. The van der Waals surface area contributed by atoms with E-state index in [0.717, 1.165) is 42.6 Å². The quantitative estimate of drug-likeness (QED) is 0.0788. The van der Waals surface area contributed by atoms with Crippen LogP contribution in [-0.4, -0.2) is 38.9 Å². The summed E-state index contributed by atoms with van der Waals surface area (Å²) in [6.45, 7) is 18.1. The summed E-state index contributed by atoms with van der Waals surface area (Å²) in [7, 11) is 0. The van der Waals surface area contributed by atoms with Gasteiger partial charge in [-0.1, -0.05) is 61.2 Å². The lowest BCUT2D eigenvalue weighted by molar-refractivity contribution is -0.138. The first kappa shape index (κ1) is 29.7. The molecule has 0 unspecified atom stereocenters. The number of ether oxygens (including phenoxy) is 1. The SMILES string of the molecule is C=C(C)C(=O)OCNc1ccc(C(c2ccc(N(CC)CC)cc2)c2ccc(N(CC)CC)cc2)c2ccccc12. The van der Waals surface area contributed by atoms with Crippen molar-refractivity contribution in [1.29, 1.82) is 0 Å². The van der Waals surface area contributed by atoms with Crippen molar-refractivity contribution in [3.63, 3.8) is 0 Å². The molecule has 41 heavy (non-hydrogen) atoms. The Morgan fingerprint density at radius 3 is 1.68 bits per heavy atom. The molecule has 0 heterocycles. The van der Waals surface area contributed by atoms with E-state index in [2.05, 4.69) is 128 Å². The second-order valence-electron chi connectivity index (χ2n) is 10.2. The van der Waals surface area contributed by atoms with Gasteiger partial charge in [-0.3, -0.25) is 0 Å². The van der Waals surface area contributed by atoms with Crippen LogP contribution in [0.1, 0.15) is 57.2 Å². The van der Waals surface area contributed by atoms with E-state index in [1.807, 2.05) is 6.07 Å². The van der Waals surface area contributed by atoms with Crippen LogP contribution < -0.4 is 15.1 Å². The second kappa shape index (κ2) is 13.9. The Hall–Kier alpha value is -4.25. The molecule has 0 aliphatic rings. The van der Waals surface area contributed by atoms with Gasteiger partial charge in [-0.2, -0.15) is 0 Å². The molecule has 0 aliphatic carbocycles. The summed E-state index contributed by atoms with van der Waals surface area (Å²) in [5, 5.41) is 5.54. The first-order valence-corrected chi connectivity index (χ1v) is 14.7. The van der Waals surface area contributed by atoms with Crippen LogP contribution in [-0.2, 0) is 9.53 Å². The van der Waals surface area contributed by atoms with Gasteiger partial charge in [0, 0.05) is 60.1 Å². The highest BCUT2D eigenvalue weighted by Crippen LogP contribution is 2.39. The molecule has 0 aliphatic heterocycles. The van der Waals surface area contributed by atoms with Gasteiger partial charge in [0.2, 0.25) is 0 Å².